The lowest BCUT2D eigenvalue weighted by molar-refractivity contribution is 0.499. The molecule has 2 heterocycles. The van der Waals surface area contributed by atoms with Crippen LogP contribution < -0.4 is 5.32 Å². The lowest BCUT2D eigenvalue weighted by Gasteiger charge is -2.28. The van der Waals surface area contributed by atoms with Crippen molar-refractivity contribution in [2.75, 3.05) is 13.1 Å². The molecule has 0 saturated carbocycles. The number of piperidine rings is 1. The molecule has 1 atom stereocenters. The van der Waals surface area contributed by atoms with Crippen molar-refractivity contribution in [3.63, 3.8) is 0 Å². The first-order chi connectivity index (χ1) is 4.97. The van der Waals surface area contributed by atoms with Gasteiger partial charge in [-0.2, -0.15) is 0 Å². The molecule has 0 aromatic rings. The number of nitrogens with zero attached hydrogens (tertiary/aromatic N) is 1. The van der Waals surface area contributed by atoms with Crippen LogP contribution in [-0.2, 0) is 0 Å². The Morgan fingerprint density at radius 2 is 2.40 bits per heavy atom. The van der Waals surface area contributed by atoms with E-state index >= 15 is 0 Å². The minimum Gasteiger partial charge on any atom is -0.309 e. The smallest absolute Gasteiger partial charge is 0.0451 e. The van der Waals surface area contributed by atoms with Gasteiger partial charge in [0.2, 0.25) is 0 Å². The van der Waals surface area contributed by atoms with E-state index < -0.39 is 0 Å². The quantitative estimate of drug-likeness (QED) is 0.530. The van der Waals surface area contributed by atoms with Crippen LogP contribution in [-0.4, -0.2) is 24.8 Å². The maximum absolute atomic E-state index is 4.51. The second kappa shape index (κ2) is 2.70. The van der Waals surface area contributed by atoms with E-state index in [1.54, 1.807) is 0 Å². The summed E-state index contributed by atoms with van der Waals surface area (Å²) in [5.41, 5.74) is 1.44. The molecule has 0 bridgehead atoms. The van der Waals surface area contributed by atoms with E-state index in [2.05, 4.69) is 10.3 Å². The summed E-state index contributed by atoms with van der Waals surface area (Å²) < 4.78 is 0. The van der Waals surface area contributed by atoms with E-state index in [4.69, 9.17) is 0 Å². The number of rotatable bonds is 0. The van der Waals surface area contributed by atoms with Crippen LogP contribution in [0.2, 0.25) is 0 Å². The van der Waals surface area contributed by atoms with Crippen LogP contribution in [0.15, 0.2) is 4.99 Å². The van der Waals surface area contributed by atoms with Gasteiger partial charge >= 0.3 is 0 Å². The Kier molecular flexibility index (Phi) is 1.72. The molecule has 1 unspecified atom stereocenters. The number of hydrogen-bond donors (Lipinski definition) is 1. The molecule has 1 fully saturated rings. The first-order valence-corrected chi connectivity index (χ1v) is 4.23. The van der Waals surface area contributed by atoms with E-state index in [-0.39, 0.29) is 0 Å². The van der Waals surface area contributed by atoms with Crippen molar-refractivity contribution in [3.05, 3.63) is 0 Å². The third-order valence-corrected chi connectivity index (χ3v) is 2.37. The highest BCUT2D eigenvalue weighted by atomic mass is 15.0. The van der Waals surface area contributed by atoms with Gasteiger partial charge in [0, 0.05) is 18.3 Å². The maximum atomic E-state index is 4.51. The van der Waals surface area contributed by atoms with Crippen LogP contribution in [0.3, 0.4) is 0 Å². The Hall–Kier alpha value is -0.370. The van der Waals surface area contributed by atoms with Crippen LogP contribution in [0.25, 0.3) is 0 Å². The van der Waals surface area contributed by atoms with Crippen molar-refractivity contribution in [1.82, 2.24) is 5.32 Å². The van der Waals surface area contributed by atoms with Gasteiger partial charge in [-0.05, 0) is 32.2 Å². The predicted octanol–water partition coefficient (Wildman–Crippen LogP) is 0.973. The average molecular weight is 138 g/mol. The zero-order chi connectivity index (χ0) is 6.81. The van der Waals surface area contributed by atoms with Crippen molar-refractivity contribution >= 4 is 5.71 Å². The summed E-state index contributed by atoms with van der Waals surface area (Å²) in [6.07, 6.45) is 5.13. The van der Waals surface area contributed by atoms with Crippen molar-refractivity contribution < 1.29 is 0 Å². The number of hydrogen-bond acceptors (Lipinski definition) is 2. The second-order valence-corrected chi connectivity index (χ2v) is 3.13. The van der Waals surface area contributed by atoms with Gasteiger partial charge < -0.3 is 5.32 Å². The van der Waals surface area contributed by atoms with Crippen LogP contribution in [0.1, 0.15) is 25.7 Å². The molecule has 10 heavy (non-hydrogen) atoms. The van der Waals surface area contributed by atoms with E-state index in [1.807, 2.05) is 0 Å². The second-order valence-electron chi connectivity index (χ2n) is 3.13. The van der Waals surface area contributed by atoms with Gasteiger partial charge in [0.1, 0.15) is 0 Å². The third kappa shape index (κ3) is 1.08. The van der Waals surface area contributed by atoms with Crippen molar-refractivity contribution in [2.24, 2.45) is 4.99 Å². The topological polar surface area (TPSA) is 24.4 Å². The SMILES string of the molecule is C1CNC2CCCN=C2C1. The van der Waals surface area contributed by atoms with E-state index in [1.165, 1.54) is 37.9 Å². The number of fused-ring (bicyclic) bond motifs is 1. The summed E-state index contributed by atoms with van der Waals surface area (Å²) in [5, 5.41) is 3.49. The largest absolute Gasteiger partial charge is 0.309 e. The molecule has 2 aliphatic heterocycles. The third-order valence-electron chi connectivity index (χ3n) is 2.37. The standard InChI is InChI=1S/C8H14N2/c1-3-7-8(9-5-1)4-2-6-10-7/h7,10H,1-6H2. The molecule has 2 nitrogen and oxygen atoms in total. The molecule has 0 amide bonds. The Balaban J connectivity index is 2.08. The Morgan fingerprint density at radius 1 is 1.40 bits per heavy atom. The molecule has 2 rings (SSSR count). The summed E-state index contributed by atoms with van der Waals surface area (Å²) in [5.74, 6) is 0. The van der Waals surface area contributed by atoms with E-state index in [0.29, 0.717) is 6.04 Å². The van der Waals surface area contributed by atoms with Gasteiger partial charge in [-0.25, -0.2) is 0 Å². The number of aliphatic imine (C=N–C) groups is 1. The highest BCUT2D eigenvalue weighted by Crippen LogP contribution is 2.14. The first kappa shape index (κ1) is 6.35. The summed E-state index contributed by atoms with van der Waals surface area (Å²) in [7, 11) is 0. The molecular weight excluding hydrogens is 124 g/mol. The summed E-state index contributed by atoms with van der Waals surface area (Å²) >= 11 is 0. The van der Waals surface area contributed by atoms with Gasteiger partial charge in [-0.15, -0.1) is 0 Å². The summed E-state index contributed by atoms with van der Waals surface area (Å²) in [4.78, 5) is 4.51. The van der Waals surface area contributed by atoms with E-state index in [9.17, 15) is 0 Å². The summed E-state index contributed by atoms with van der Waals surface area (Å²) in [6, 6.07) is 0.655. The molecule has 56 valence electrons. The fraction of sp³-hybridized carbons (Fsp3) is 0.875. The highest BCUT2D eigenvalue weighted by molar-refractivity contribution is 5.90. The van der Waals surface area contributed by atoms with Crippen LogP contribution in [0, 0.1) is 0 Å². The molecule has 0 aliphatic carbocycles. The molecule has 1 N–H and O–H groups in total. The zero-order valence-corrected chi connectivity index (χ0v) is 6.27. The molecule has 1 saturated heterocycles. The van der Waals surface area contributed by atoms with Crippen molar-refractivity contribution in [1.29, 1.82) is 0 Å². The monoisotopic (exact) mass is 138 g/mol. The van der Waals surface area contributed by atoms with Gasteiger partial charge in [0.15, 0.2) is 0 Å². The van der Waals surface area contributed by atoms with Crippen molar-refractivity contribution in [2.45, 2.75) is 31.7 Å². The van der Waals surface area contributed by atoms with E-state index in [0.717, 1.165) is 6.54 Å². The first-order valence-electron chi connectivity index (χ1n) is 4.23. The minimum absolute atomic E-state index is 0.655. The molecule has 0 radical (unpaired) electrons. The molecule has 2 heteroatoms. The Labute approximate surface area is 61.7 Å². The Morgan fingerprint density at radius 3 is 3.30 bits per heavy atom. The zero-order valence-electron chi connectivity index (χ0n) is 6.27. The molecule has 0 aromatic carbocycles. The lowest BCUT2D eigenvalue weighted by Crippen LogP contribution is -2.43. The van der Waals surface area contributed by atoms with Gasteiger partial charge in [-0.3, -0.25) is 4.99 Å². The number of nitrogens with one attached hydrogen (secondary N) is 1. The average Bonchev–Trinajstić information content (AvgIpc) is 2.05. The normalized spacial score (nSPS) is 32.8. The van der Waals surface area contributed by atoms with Gasteiger partial charge in [0.05, 0.1) is 0 Å². The fourth-order valence-electron chi connectivity index (χ4n) is 1.81. The maximum Gasteiger partial charge on any atom is 0.0451 e. The van der Waals surface area contributed by atoms with Gasteiger partial charge in [-0.1, -0.05) is 0 Å². The molecular formula is C8H14N2. The van der Waals surface area contributed by atoms with Crippen LogP contribution in [0.4, 0.5) is 0 Å². The van der Waals surface area contributed by atoms with Crippen LogP contribution >= 0.6 is 0 Å². The highest BCUT2D eigenvalue weighted by Gasteiger charge is 2.21. The molecule has 0 spiro atoms. The fourth-order valence-corrected chi connectivity index (χ4v) is 1.81. The van der Waals surface area contributed by atoms with Crippen molar-refractivity contribution in [3.8, 4) is 0 Å². The van der Waals surface area contributed by atoms with Gasteiger partial charge in [0.25, 0.3) is 0 Å². The Bertz CT molecular complexity index is 151. The lowest BCUT2D eigenvalue weighted by atomic mass is 9.96. The molecule has 0 aromatic heterocycles. The summed E-state index contributed by atoms with van der Waals surface area (Å²) in [6.45, 7) is 2.28. The minimum atomic E-state index is 0.655. The molecule has 2 aliphatic rings. The van der Waals surface area contributed by atoms with Crippen LogP contribution in [0.5, 0.6) is 0 Å². The predicted molar refractivity (Wildman–Crippen MR) is 42.6 cm³/mol.